The number of aliphatic hydroxyl groups is 1. The van der Waals surface area contributed by atoms with Crippen LogP contribution in [0.5, 0.6) is 0 Å². The van der Waals surface area contributed by atoms with E-state index >= 15 is 0 Å². The first-order valence-corrected chi connectivity index (χ1v) is 4.46. The molecule has 0 bridgehead atoms. The lowest BCUT2D eigenvalue weighted by Gasteiger charge is -2.11. The Balaban J connectivity index is 3.46. The summed E-state index contributed by atoms with van der Waals surface area (Å²) in [6, 6.07) is -0.121. The van der Waals surface area contributed by atoms with E-state index in [0.29, 0.717) is 12.3 Å². The van der Waals surface area contributed by atoms with Gasteiger partial charge in [0.05, 0.1) is 6.61 Å². The number of rotatable bonds is 5. The number of amides is 1. The van der Waals surface area contributed by atoms with Gasteiger partial charge in [-0.15, -0.1) is 0 Å². The number of hydrogen-bond acceptors (Lipinski definition) is 2. The summed E-state index contributed by atoms with van der Waals surface area (Å²) in [5.41, 5.74) is 0. The molecule has 0 aromatic rings. The SMILES string of the molecule is CC(C)CCC(=O)N[C@@H](C)CO. The first-order valence-electron chi connectivity index (χ1n) is 4.46. The van der Waals surface area contributed by atoms with Gasteiger partial charge >= 0.3 is 0 Å². The zero-order valence-electron chi connectivity index (χ0n) is 8.13. The predicted molar refractivity (Wildman–Crippen MR) is 48.8 cm³/mol. The van der Waals surface area contributed by atoms with Crippen LogP contribution in [0.15, 0.2) is 0 Å². The van der Waals surface area contributed by atoms with Gasteiger partial charge in [0.15, 0.2) is 0 Å². The van der Waals surface area contributed by atoms with Crippen molar-refractivity contribution >= 4 is 5.91 Å². The Labute approximate surface area is 74.2 Å². The van der Waals surface area contributed by atoms with E-state index in [9.17, 15) is 4.79 Å². The quantitative estimate of drug-likeness (QED) is 0.649. The van der Waals surface area contributed by atoms with Crippen molar-refractivity contribution in [3.8, 4) is 0 Å². The van der Waals surface area contributed by atoms with E-state index in [1.807, 2.05) is 0 Å². The zero-order chi connectivity index (χ0) is 9.56. The van der Waals surface area contributed by atoms with Crippen LogP contribution in [0, 0.1) is 5.92 Å². The van der Waals surface area contributed by atoms with Gasteiger partial charge in [-0.05, 0) is 19.3 Å². The molecule has 0 aliphatic carbocycles. The maximum absolute atomic E-state index is 11.1. The van der Waals surface area contributed by atoms with E-state index in [1.54, 1.807) is 6.92 Å². The number of aliphatic hydroxyl groups excluding tert-OH is 1. The van der Waals surface area contributed by atoms with Gasteiger partial charge in [-0.2, -0.15) is 0 Å². The summed E-state index contributed by atoms with van der Waals surface area (Å²) in [4.78, 5) is 11.1. The third-order valence-corrected chi connectivity index (χ3v) is 1.63. The van der Waals surface area contributed by atoms with Crippen LogP contribution in [0.4, 0.5) is 0 Å². The molecule has 0 aromatic heterocycles. The molecule has 0 fully saturated rings. The van der Waals surface area contributed by atoms with Crippen molar-refractivity contribution in [3.05, 3.63) is 0 Å². The molecule has 0 aliphatic heterocycles. The highest BCUT2D eigenvalue weighted by Gasteiger charge is 2.06. The van der Waals surface area contributed by atoms with Crippen molar-refractivity contribution in [2.24, 2.45) is 5.92 Å². The van der Waals surface area contributed by atoms with Crippen molar-refractivity contribution in [1.29, 1.82) is 0 Å². The second-order valence-corrected chi connectivity index (χ2v) is 3.58. The summed E-state index contributed by atoms with van der Waals surface area (Å²) < 4.78 is 0. The fourth-order valence-electron chi connectivity index (χ4n) is 0.812. The van der Waals surface area contributed by atoms with E-state index in [4.69, 9.17) is 5.11 Å². The molecule has 0 saturated carbocycles. The maximum atomic E-state index is 11.1. The predicted octanol–water partition coefficient (Wildman–Crippen LogP) is 0.920. The lowest BCUT2D eigenvalue weighted by Crippen LogP contribution is -2.34. The van der Waals surface area contributed by atoms with Gasteiger partial charge in [0.1, 0.15) is 0 Å². The Morgan fingerprint density at radius 1 is 1.42 bits per heavy atom. The van der Waals surface area contributed by atoms with E-state index in [1.165, 1.54) is 0 Å². The van der Waals surface area contributed by atoms with Gasteiger partial charge in [0.2, 0.25) is 5.91 Å². The molecule has 1 amide bonds. The lowest BCUT2D eigenvalue weighted by atomic mass is 10.1. The second kappa shape index (κ2) is 6.00. The van der Waals surface area contributed by atoms with Crippen molar-refractivity contribution in [1.82, 2.24) is 5.32 Å². The molecule has 0 radical (unpaired) electrons. The van der Waals surface area contributed by atoms with E-state index in [2.05, 4.69) is 19.2 Å². The smallest absolute Gasteiger partial charge is 0.220 e. The average Bonchev–Trinajstić information content (AvgIpc) is 2.00. The molecule has 0 spiro atoms. The van der Waals surface area contributed by atoms with E-state index in [0.717, 1.165) is 6.42 Å². The molecule has 0 aromatic carbocycles. The van der Waals surface area contributed by atoms with Crippen LogP contribution < -0.4 is 5.32 Å². The van der Waals surface area contributed by atoms with Crippen molar-refractivity contribution in [3.63, 3.8) is 0 Å². The Morgan fingerprint density at radius 2 is 2.00 bits per heavy atom. The Bertz CT molecular complexity index is 134. The molecule has 72 valence electrons. The highest BCUT2D eigenvalue weighted by atomic mass is 16.3. The van der Waals surface area contributed by atoms with Crippen LogP contribution in [0.3, 0.4) is 0 Å². The third kappa shape index (κ3) is 6.16. The van der Waals surface area contributed by atoms with Gasteiger partial charge in [-0.3, -0.25) is 4.79 Å². The van der Waals surface area contributed by atoms with Gasteiger partial charge in [0.25, 0.3) is 0 Å². The topological polar surface area (TPSA) is 49.3 Å². The lowest BCUT2D eigenvalue weighted by molar-refractivity contribution is -0.122. The molecule has 2 N–H and O–H groups in total. The highest BCUT2D eigenvalue weighted by molar-refractivity contribution is 5.76. The van der Waals surface area contributed by atoms with Gasteiger partial charge in [0, 0.05) is 12.5 Å². The standard InChI is InChI=1S/C9H19NO2/c1-7(2)4-5-9(12)10-8(3)6-11/h7-8,11H,4-6H2,1-3H3,(H,10,12)/t8-/m0/s1. The van der Waals surface area contributed by atoms with Crippen LogP contribution in [0.1, 0.15) is 33.6 Å². The van der Waals surface area contributed by atoms with Gasteiger partial charge in [-0.1, -0.05) is 13.8 Å². The molecule has 0 rings (SSSR count). The van der Waals surface area contributed by atoms with Crippen molar-refractivity contribution < 1.29 is 9.90 Å². The Kier molecular flexibility index (Phi) is 5.72. The summed E-state index contributed by atoms with van der Waals surface area (Å²) in [7, 11) is 0. The number of carbonyl (C=O) groups excluding carboxylic acids is 1. The van der Waals surface area contributed by atoms with Crippen molar-refractivity contribution in [2.75, 3.05) is 6.61 Å². The minimum Gasteiger partial charge on any atom is -0.394 e. The Morgan fingerprint density at radius 3 is 2.42 bits per heavy atom. The van der Waals surface area contributed by atoms with Crippen molar-refractivity contribution in [2.45, 2.75) is 39.7 Å². The molecule has 3 heteroatoms. The van der Waals surface area contributed by atoms with Crippen LogP contribution in [0.25, 0.3) is 0 Å². The summed E-state index contributed by atoms with van der Waals surface area (Å²) in [6.45, 7) is 5.96. The molecule has 0 unspecified atom stereocenters. The molecule has 0 aliphatic rings. The first kappa shape index (κ1) is 11.4. The summed E-state index contributed by atoms with van der Waals surface area (Å²) in [6.07, 6.45) is 1.46. The van der Waals surface area contributed by atoms with Crippen LogP contribution >= 0.6 is 0 Å². The number of nitrogens with one attached hydrogen (secondary N) is 1. The molecular formula is C9H19NO2. The summed E-state index contributed by atoms with van der Waals surface area (Å²) >= 11 is 0. The zero-order valence-corrected chi connectivity index (χ0v) is 8.13. The minimum atomic E-state index is -0.121. The Hall–Kier alpha value is -0.570. The van der Waals surface area contributed by atoms with E-state index in [-0.39, 0.29) is 18.6 Å². The van der Waals surface area contributed by atoms with Crippen LogP contribution in [-0.2, 0) is 4.79 Å². The average molecular weight is 173 g/mol. The molecule has 12 heavy (non-hydrogen) atoms. The monoisotopic (exact) mass is 173 g/mol. The molecular weight excluding hydrogens is 154 g/mol. The molecule has 0 heterocycles. The maximum Gasteiger partial charge on any atom is 0.220 e. The summed E-state index contributed by atoms with van der Waals surface area (Å²) in [5.74, 6) is 0.588. The number of carbonyl (C=O) groups is 1. The van der Waals surface area contributed by atoms with Crippen LogP contribution in [0.2, 0.25) is 0 Å². The van der Waals surface area contributed by atoms with Crippen LogP contribution in [-0.4, -0.2) is 23.7 Å². The fraction of sp³-hybridized carbons (Fsp3) is 0.889. The fourth-order valence-corrected chi connectivity index (χ4v) is 0.812. The summed E-state index contributed by atoms with van der Waals surface area (Å²) in [5, 5.41) is 11.3. The third-order valence-electron chi connectivity index (χ3n) is 1.63. The molecule has 0 saturated heterocycles. The van der Waals surface area contributed by atoms with E-state index < -0.39 is 0 Å². The van der Waals surface area contributed by atoms with Gasteiger partial charge < -0.3 is 10.4 Å². The minimum absolute atomic E-state index is 0.00736. The number of hydrogen-bond donors (Lipinski definition) is 2. The second-order valence-electron chi connectivity index (χ2n) is 3.58. The largest absolute Gasteiger partial charge is 0.394 e. The highest BCUT2D eigenvalue weighted by Crippen LogP contribution is 2.02. The molecule has 1 atom stereocenters. The van der Waals surface area contributed by atoms with Gasteiger partial charge in [-0.25, -0.2) is 0 Å². The first-order chi connectivity index (χ1) is 5.56. The molecule has 3 nitrogen and oxygen atoms in total. The normalized spacial score (nSPS) is 13.1.